The Kier molecular flexibility index (Phi) is 4.87. The molecule has 0 spiro atoms. The highest BCUT2D eigenvalue weighted by molar-refractivity contribution is 6.17. The van der Waals surface area contributed by atoms with Crippen molar-refractivity contribution in [3.63, 3.8) is 0 Å². The Labute approximate surface area is 114 Å². The van der Waals surface area contributed by atoms with Crippen LogP contribution in [0.3, 0.4) is 0 Å². The molecule has 1 atom stereocenters. The van der Waals surface area contributed by atoms with Crippen LogP contribution in [0.5, 0.6) is 0 Å². The maximum Gasteiger partial charge on any atom is 0.129 e. The SMILES string of the molecule is CCC1CCCCCN1c1cccc(F)c1CCl. The predicted molar refractivity (Wildman–Crippen MR) is 75.9 cm³/mol. The molecule has 0 saturated carbocycles. The van der Waals surface area contributed by atoms with Crippen molar-refractivity contribution in [1.29, 1.82) is 0 Å². The van der Waals surface area contributed by atoms with E-state index in [1.165, 1.54) is 31.7 Å². The number of anilines is 1. The summed E-state index contributed by atoms with van der Waals surface area (Å²) in [7, 11) is 0. The second-order valence-electron chi connectivity index (χ2n) is 4.98. The topological polar surface area (TPSA) is 3.24 Å². The average molecular weight is 270 g/mol. The van der Waals surface area contributed by atoms with E-state index in [0.29, 0.717) is 11.6 Å². The van der Waals surface area contributed by atoms with Crippen LogP contribution in [0.4, 0.5) is 10.1 Å². The van der Waals surface area contributed by atoms with Crippen LogP contribution in [0.1, 0.15) is 44.6 Å². The van der Waals surface area contributed by atoms with Crippen LogP contribution in [0.15, 0.2) is 18.2 Å². The van der Waals surface area contributed by atoms with Gasteiger partial charge in [-0.2, -0.15) is 0 Å². The first-order chi connectivity index (χ1) is 8.77. The van der Waals surface area contributed by atoms with Gasteiger partial charge in [0.2, 0.25) is 0 Å². The minimum absolute atomic E-state index is 0.179. The molecule has 2 rings (SSSR count). The van der Waals surface area contributed by atoms with Gasteiger partial charge in [0.05, 0.1) is 5.88 Å². The quantitative estimate of drug-likeness (QED) is 0.718. The van der Waals surface area contributed by atoms with Gasteiger partial charge in [0, 0.05) is 23.8 Å². The number of benzene rings is 1. The van der Waals surface area contributed by atoms with E-state index in [1.54, 1.807) is 6.07 Å². The molecule has 1 heterocycles. The largest absolute Gasteiger partial charge is 0.368 e. The Morgan fingerprint density at radius 1 is 1.33 bits per heavy atom. The van der Waals surface area contributed by atoms with Crippen LogP contribution >= 0.6 is 11.6 Å². The zero-order valence-corrected chi connectivity index (χ0v) is 11.7. The Balaban J connectivity index is 2.35. The monoisotopic (exact) mass is 269 g/mol. The van der Waals surface area contributed by atoms with Gasteiger partial charge >= 0.3 is 0 Å². The van der Waals surface area contributed by atoms with E-state index in [9.17, 15) is 4.39 Å². The van der Waals surface area contributed by atoms with E-state index < -0.39 is 0 Å². The summed E-state index contributed by atoms with van der Waals surface area (Å²) in [5, 5.41) is 0. The fourth-order valence-electron chi connectivity index (χ4n) is 2.87. The summed E-state index contributed by atoms with van der Waals surface area (Å²) >= 11 is 5.92. The van der Waals surface area contributed by atoms with Crippen LogP contribution < -0.4 is 4.90 Å². The normalized spacial score (nSPS) is 20.8. The molecule has 1 aliphatic rings. The molecule has 1 saturated heterocycles. The minimum atomic E-state index is -0.179. The summed E-state index contributed by atoms with van der Waals surface area (Å²) < 4.78 is 13.8. The van der Waals surface area contributed by atoms with E-state index in [0.717, 1.165) is 18.7 Å². The van der Waals surface area contributed by atoms with Crippen molar-refractivity contribution in [1.82, 2.24) is 0 Å². The number of alkyl halides is 1. The molecule has 1 unspecified atom stereocenters. The Morgan fingerprint density at radius 2 is 2.17 bits per heavy atom. The number of rotatable bonds is 3. The molecule has 0 amide bonds. The van der Waals surface area contributed by atoms with Crippen LogP contribution in [0.25, 0.3) is 0 Å². The molecule has 0 aliphatic carbocycles. The molecule has 1 nitrogen and oxygen atoms in total. The maximum absolute atomic E-state index is 13.8. The van der Waals surface area contributed by atoms with E-state index in [1.807, 2.05) is 6.07 Å². The van der Waals surface area contributed by atoms with Crippen LogP contribution in [-0.4, -0.2) is 12.6 Å². The zero-order valence-electron chi connectivity index (χ0n) is 11.0. The third-order valence-corrected chi connectivity index (χ3v) is 4.15. The van der Waals surface area contributed by atoms with Crippen molar-refractivity contribution < 1.29 is 4.39 Å². The summed E-state index contributed by atoms with van der Waals surface area (Å²) in [5.74, 6) is 0.0659. The highest BCUT2D eigenvalue weighted by Gasteiger charge is 2.22. The smallest absolute Gasteiger partial charge is 0.129 e. The summed E-state index contributed by atoms with van der Waals surface area (Å²) in [4.78, 5) is 2.37. The fourth-order valence-corrected chi connectivity index (χ4v) is 3.13. The third kappa shape index (κ3) is 2.80. The summed E-state index contributed by atoms with van der Waals surface area (Å²) in [6.07, 6.45) is 6.06. The van der Waals surface area contributed by atoms with Crippen LogP contribution in [0, 0.1) is 5.82 Å². The van der Waals surface area contributed by atoms with Crippen molar-refractivity contribution in [3.05, 3.63) is 29.6 Å². The fraction of sp³-hybridized carbons (Fsp3) is 0.600. The molecular formula is C15H21ClFN. The van der Waals surface area contributed by atoms with Crippen molar-refractivity contribution in [3.8, 4) is 0 Å². The van der Waals surface area contributed by atoms with Gasteiger partial charge in [-0.3, -0.25) is 0 Å². The van der Waals surface area contributed by atoms with Gasteiger partial charge in [-0.05, 0) is 31.4 Å². The lowest BCUT2D eigenvalue weighted by Gasteiger charge is -2.33. The van der Waals surface area contributed by atoms with E-state index in [-0.39, 0.29) is 11.7 Å². The first kappa shape index (κ1) is 13.7. The van der Waals surface area contributed by atoms with E-state index in [4.69, 9.17) is 11.6 Å². The summed E-state index contributed by atoms with van der Waals surface area (Å²) in [5.41, 5.74) is 1.65. The summed E-state index contributed by atoms with van der Waals surface area (Å²) in [6, 6.07) is 5.82. The maximum atomic E-state index is 13.8. The number of hydrogen-bond donors (Lipinski definition) is 0. The molecule has 100 valence electrons. The zero-order chi connectivity index (χ0) is 13.0. The third-order valence-electron chi connectivity index (χ3n) is 3.89. The van der Waals surface area contributed by atoms with Gasteiger partial charge in [0.15, 0.2) is 0 Å². The molecule has 1 aliphatic heterocycles. The molecule has 1 aromatic rings. The highest BCUT2D eigenvalue weighted by atomic mass is 35.5. The van der Waals surface area contributed by atoms with Crippen molar-refractivity contribution in [2.24, 2.45) is 0 Å². The van der Waals surface area contributed by atoms with Crippen molar-refractivity contribution >= 4 is 17.3 Å². The van der Waals surface area contributed by atoms with Gasteiger partial charge in [-0.15, -0.1) is 11.6 Å². The first-order valence-electron chi connectivity index (χ1n) is 6.88. The number of nitrogens with zero attached hydrogens (tertiary/aromatic N) is 1. The Morgan fingerprint density at radius 3 is 2.89 bits per heavy atom. The summed E-state index contributed by atoms with van der Waals surface area (Å²) in [6.45, 7) is 3.23. The van der Waals surface area contributed by atoms with Crippen LogP contribution in [0.2, 0.25) is 0 Å². The predicted octanol–water partition coefficient (Wildman–Crippen LogP) is 4.72. The number of halogens is 2. The van der Waals surface area contributed by atoms with Gasteiger partial charge < -0.3 is 4.90 Å². The lowest BCUT2D eigenvalue weighted by atomic mass is 10.1. The Hall–Kier alpha value is -0.760. The minimum Gasteiger partial charge on any atom is -0.368 e. The molecule has 0 bridgehead atoms. The Bertz CT molecular complexity index is 394. The standard InChI is InChI=1S/C15H21ClFN/c1-2-12-7-4-3-5-10-18(12)15-9-6-8-14(17)13(15)11-16/h6,8-9,12H,2-5,7,10-11H2,1H3. The molecule has 1 fully saturated rings. The molecule has 0 radical (unpaired) electrons. The van der Waals surface area contributed by atoms with Gasteiger partial charge in [0.25, 0.3) is 0 Å². The molecular weight excluding hydrogens is 249 g/mol. The second kappa shape index (κ2) is 6.42. The van der Waals surface area contributed by atoms with Gasteiger partial charge in [-0.25, -0.2) is 4.39 Å². The molecule has 0 aromatic heterocycles. The molecule has 1 aromatic carbocycles. The average Bonchev–Trinajstić information content (AvgIpc) is 2.63. The highest BCUT2D eigenvalue weighted by Crippen LogP contribution is 2.31. The second-order valence-corrected chi connectivity index (χ2v) is 5.24. The van der Waals surface area contributed by atoms with E-state index in [2.05, 4.69) is 11.8 Å². The lowest BCUT2D eigenvalue weighted by molar-refractivity contribution is 0.551. The van der Waals surface area contributed by atoms with Crippen molar-refractivity contribution in [2.75, 3.05) is 11.4 Å². The lowest BCUT2D eigenvalue weighted by Crippen LogP contribution is -2.35. The molecule has 18 heavy (non-hydrogen) atoms. The van der Waals surface area contributed by atoms with E-state index >= 15 is 0 Å². The van der Waals surface area contributed by atoms with Crippen molar-refractivity contribution in [2.45, 2.75) is 50.9 Å². The number of hydrogen-bond acceptors (Lipinski definition) is 1. The van der Waals surface area contributed by atoms with Gasteiger partial charge in [-0.1, -0.05) is 25.8 Å². The van der Waals surface area contributed by atoms with Crippen LogP contribution in [-0.2, 0) is 5.88 Å². The first-order valence-corrected chi connectivity index (χ1v) is 7.41. The molecule has 3 heteroatoms. The van der Waals surface area contributed by atoms with Gasteiger partial charge in [0.1, 0.15) is 5.82 Å². The molecule has 0 N–H and O–H groups in total.